The minimum Gasteiger partial charge on any atom is -0.319 e. The molecule has 0 aromatic heterocycles. The summed E-state index contributed by atoms with van der Waals surface area (Å²) in [7, 11) is 0. The monoisotopic (exact) mass is 167 g/mol. The van der Waals surface area contributed by atoms with Crippen LogP contribution < -0.4 is 5.73 Å². The zero-order valence-electron chi connectivity index (χ0n) is 7.22. The van der Waals surface area contributed by atoms with Crippen LogP contribution in [0.15, 0.2) is 0 Å². The Bertz CT molecular complexity index is 246. The van der Waals surface area contributed by atoms with Crippen LogP contribution in [0.25, 0.3) is 0 Å². The fraction of sp³-hybridized carbons (Fsp3) is 0.778. The molecule has 0 aromatic rings. The van der Waals surface area contributed by atoms with E-state index in [1.807, 2.05) is 6.92 Å². The maximum absolute atomic E-state index is 11.5. The molecule has 66 valence electrons. The van der Waals surface area contributed by atoms with Gasteiger partial charge in [0.1, 0.15) is 5.78 Å². The summed E-state index contributed by atoms with van der Waals surface area (Å²) < 4.78 is 0. The quantitative estimate of drug-likeness (QED) is 0.568. The molecule has 0 spiro atoms. The summed E-state index contributed by atoms with van der Waals surface area (Å²) in [6.07, 6.45) is 2.10. The summed E-state index contributed by atoms with van der Waals surface area (Å²) in [6, 6.07) is 0. The second-order valence-electron chi connectivity index (χ2n) is 4.42. The molecule has 3 aliphatic carbocycles. The van der Waals surface area contributed by atoms with Crippen molar-refractivity contribution in [2.24, 2.45) is 11.1 Å². The number of ketones is 2. The highest BCUT2D eigenvalue weighted by Crippen LogP contribution is 2.46. The second kappa shape index (κ2) is 1.96. The average Bonchev–Trinajstić information content (AvgIpc) is 1.96. The molecule has 3 saturated carbocycles. The molecule has 3 heteroatoms. The maximum atomic E-state index is 11.5. The first-order valence-electron chi connectivity index (χ1n) is 4.32. The summed E-state index contributed by atoms with van der Waals surface area (Å²) in [4.78, 5) is 22.9. The standard InChI is InChI=1S/C9H13NO2/c1-8-2-3-9(10,5-6(8)11)7(12)4-8/h2-5,10H2,1H3. The van der Waals surface area contributed by atoms with E-state index in [0.717, 1.165) is 6.42 Å². The summed E-state index contributed by atoms with van der Waals surface area (Å²) >= 11 is 0. The number of Topliss-reactive ketones (excluding diaryl/α,β-unsaturated/α-hetero) is 2. The van der Waals surface area contributed by atoms with E-state index in [-0.39, 0.29) is 23.4 Å². The van der Waals surface area contributed by atoms with Gasteiger partial charge in [-0.25, -0.2) is 0 Å². The number of hydrogen-bond donors (Lipinski definition) is 1. The van der Waals surface area contributed by atoms with Gasteiger partial charge in [0.25, 0.3) is 0 Å². The summed E-state index contributed by atoms with van der Waals surface area (Å²) in [5.41, 5.74) is 4.65. The van der Waals surface area contributed by atoms with E-state index in [9.17, 15) is 9.59 Å². The van der Waals surface area contributed by atoms with Crippen molar-refractivity contribution in [1.82, 2.24) is 0 Å². The van der Waals surface area contributed by atoms with Crippen LogP contribution >= 0.6 is 0 Å². The van der Waals surface area contributed by atoms with E-state index >= 15 is 0 Å². The largest absolute Gasteiger partial charge is 0.319 e. The van der Waals surface area contributed by atoms with Crippen molar-refractivity contribution in [2.75, 3.05) is 0 Å². The van der Waals surface area contributed by atoms with Crippen molar-refractivity contribution in [3.63, 3.8) is 0 Å². The highest BCUT2D eigenvalue weighted by Gasteiger charge is 2.54. The first-order valence-corrected chi connectivity index (χ1v) is 4.32. The Labute approximate surface area is 71.3 Å². The van der Waals surface area contributed by atoms with Crippen molar-refractivity contribution in [1.29, 1.82) is 0 Å². The molecule has 2 N–H and O–H groups in total. The van der Waals surface area contributed by atoms with Crippen LogP contribution in [0.1, 0.15) is 32.6 Å². The lowest BCUT2D eigenvalue weighted by Gasteiger charge is -2.47. The predicted octanol–water partition coefficient (Wildman–Crippen LogP) is 0.416. The topological polar surface area (TPSA) is 60.2 Å². The highest BCUT2D eigenvalue weighted by molar-refractivity contribution is 6.04. The molecule has 12 heavy (non-hydrogen) atoms. The Kier molecular flexibility index (Phi) is 1.30. The van der Waals surface area contributed by atoms with Gasteiger partial charge in [-0.15, -0.1) is 0 Å². The predicted molar refractivity (Wildman–Crippen MR) is 43.5 cm³/mol. The fourth-order valence-electron chi connectivity index (χ4n) is 2.18. The second-order valence-corrected chi connectivity index (χ2v) is 4.42. The molecule has 3 nitrogen and oxygen atoms in total. The molecule has 3 aliphatic rings. The fourth-order valence-corrected chi connectivity index (χ4v) is 2.18. The van der Waals surface area contributed by atoms with Crippen LogP contribution in [-0.2, 0) is 9.59 Å². The summed E-state index contributed by atoms with van der Waals surface area (Å²) in [5, 5.41) is 0. The summed E-state index contributed by atoms with van der Waals surface area (Å²) in [5.74, 6) is 0.256. The van der Waals surface area contributed by atoms with E-state index in [0.29, 0.717) is 12.8 Å². The van der Waals surface area contributed by atoms with Crippen LogP contribution in [0.5, 0.6) is 0 Å². The molecule has 0 aliphatic heterocycles. The summed E-state index contributed by atoms with van der Waals surface area (Å²) in [6.45, 7) is 1.88. The van der Waals surface area contributed by atoms with Gasteiger partial charge in [-0.3, -0.25) is 9.59 Å². The van der Waals surface area contributed by atoms with Gasteiger partial charge >= 0.3 is 0 Å². The molecule has 0 amide bonds. The zero-order chi connectivity index (χ0) is 8.98. The third-order valence-corrected chi connectivity index (χ3v) is 3.38. The zero-order valence-corrected chi connectivity index (χ0v) is 7.22. The number of nitrogens with two attached hydrogens (primary N) is 1. The molecule has 0 aromatic carbocycles. The molecule has 2 unspecified atom stereocenters. The van der Waals surface area contributed by atoms with Gasteiger partial charge in [0.05, 0.1) is 5.54 Å². The highest BCUT2D eigenvalue weighted by atomic mass is 16.1. The van der Waals surface area contributed by atoms with Crippen LogP contribution in [0.3, 0.4) is 0 Å². The maximum Gasteiger partial charge on any atom is 0.154 e. The Morgan fingerprint density at radius 1 is 1.17 bits per heavy atom. The van der Waals surface area contributed by atoms with Gasteiger partial charge in [-0.05, 0) is 12.8 Å². The molecule has 3 rings (SSSR count). The van der Waals surface area contributed by atoms with Gasteiger partial charge in [0, 0.05) is 18.3 Å². The first-order chi connectivity index (χ1) is 5.46. The molecule has 0 radical (unpaired) electrons. The minimum absolute atomic E-state index is 0.0795. The van der Waals surface area contributed by atoms with E-state index in [2.05, 4.69) is 0 Å². The lowest BCUT2D eigenvalue weighted by atomic mass is 9.57. The third kappa shape index (κ3) is 0.800. The number of carbonyl (C=O) groups excluding carboxylic acids is 2. The van der Waals surface area contributed by atoms with Gasteiger partial charge in [0.15, 0.2) is 5.78 Å². The molecular formula is C9H13NO2. The van der Waals surface area contributed by atoms with Crippen molar-refractivity contribution < 1.29 is 9.59 Å². The minimum atomic E-state index is -0.797. The van der Waals surface area contributed by atoms with Crippen LogP contribution in [0, 0.1) is 5.41 Å². The molecule has 0 heterocycles. The van der Waals surface area contributed by atoms with E-state index < -0.39 is 5.54 Å². The van der Waals surface area contributed by atoms with Crippen LogP contribution in [-0.4, -0.2) is 17.1 Å². The van der Waals surface area contributed by atoms with E-state index in [1.54, 1.807) is 0 Å². The molecule has 0 saturated heterocycles. The Morgan fingerprint density at radius 2 is 1.83 bits per heavy atom. The number of hydrogen-bond acceptors (Lipinski definition) is 3. The Hall–Kier alpha value is -0.700. The van der Waals surface area contributed by atoms with E-state index in [1.165, 1.54) is 0 Å². The Morgan fingerprint density at radius 3 is 2.25 bits per heavy atom. The molecule has 2 bridgehead atoms. The first kappa shape index (κ1) is 7.92. The van der Waals surface area contributed by atoms with Gasteiger partial charge < -0.3 is 5.73 Å². The number of fused-ring (bicyclic) bond motifs is 3. The number of rotatable bonds is 0. The van der Waals surface area contributed by atoms with Gasteiger partial charge in [0.2, 0.25) is 0 Å². The van der Waals surface area contributed by atoms with Crippen molar-refractivity contribution in [3.8, 4) is 0 Å². The lowest BCUT2D eigenvalue weighted by Crippen LogP contribution is -2.62. The van der Waals surface area contributed by atoms with Gasteiger partial charge in [-0.2, -0.15) is 0 Å². The Balaban J connectivity index is 2.40. The lowest BCUT2D eigenvalue weighted by molar-refractivity contribution is -0.149. The SMILES string of the molecule is CC12CCC(N)(CC1=O)C(=O)C2. The van der Waals surface area contributed by atoms with Crippen LogP contribution in [0.2, 0.25) is 0 Å². The van der Waals surface area contributed by atoms with E-state index in [4.69, 9.17) is 5.73 Å². The normalized spacial score (nSPS) is 46.8. The molecule has 3 fully saturated rings. The smallest absolute Gasteiger partial charge is 0.154 e. The number of carbonyl (C=O) groups is 2. The molecule has 2 atom stereocenters. The third-order valence-electron chi connectivity index (χ3n) is 3.38. The van der Waals surface area contributed by atoms with Crippen LogP contribution in [0.4, 0.5) is 0 Å². The van der Waals surface area contributed by atoms with Crippen molar-refractivity contribution in [2.45, 2.75) is 38.1 Å². The van der Waals surface area contributed by atoms with Gasteiger partial charge in [-0.1, -0.05) is 6.92 Å². The van der Waals surface area contributed by atoms with Crippen molar-refractivity contribution >= 4 is 11.6 Å². The average molecular weight is 167 g/mol. The molecular weight excluding hydrogens is 154 g/mol. The van der Waals surface area contributed by atoms with Crippen molar-refractivity contribution in [3.05, 3.63) is 0 Å².